The number of benzene rings is 1. The lowest BCUT2D eigenvalue weighted by Crippen LogP contribution is -2.11. The molecule has 0 radical (unpaired) electrons. The number of ether oxygens (including phenoxy) is 4. The van der Waals surface area contributed by atoms with Gasteiger partial charge >= 0.3 is 0 Å². The highest BCUT2D eigenvalue weighted by Gasteiger charge is 2.20. The normalized spacial score (nSPS) is 11.4. The Balaban J connectivity index is 0.000000561. The second kappa shape index (κ2) is 9.77. The summed E-state index contributed by atoms with van der Waals surface area (Å²) in [7, 11) is 6.61. The fourth-order valence-electron chi connectivity index (χ4n) is 1.92. The monoisotopic (exact) mass is 340 g/mol. The maximum Gasteiger partial charge on any atom is 0.203 e. The molecule has 140 valence electrons. The average molecular weight is 341 g/mol. The Bertz CT molecular complexity index is 456. The number of rotatable bonds is 5. The lowest BCUT2D eigenvalue weighted by atomic mass is 9.86. The van der Waals surface area contributed by atoms with Gasteiger partial charge in [-0.3, -0.25) is 0 Å². The summed E-state index contributed by atoms with van der Waals surface area (Å²) in [6.07, 6.45) is 1.14. The average Bonchev–Trinajstić information content (AvgIpc) is 2.50. The van der Waals surface area contributed by atoms with Crippen molar-refractivity contribution < 1.29 is 18.9 Å². The SMILES string of the molecule is COCCC(C)(C)C.COc1cc(C(C)(C)C)cc(OC)c1OC. The van der Waals surface area contributed by atoms with Gasteiger partial charge in [-0.25, -0.2) is 0 Å². The van der Waals surface area contributed by atoms with Gasteiger partial charge in [-0.15, -0.1) is 0 Å². The van der Waals surface area contributed by atoms with E-state index in [4.69, 9.17) is 18.9 Å². The van der Waals surface area contributed by atoms with Gasteiger partial charge in [0, 0.05) is 13.7 Å². The van der Waals surface area contributed by atoms with Crippen molar-refractivity contribution in [2.45, 2.75) is 53.4 Å². The van der Waals surface area contributed by atoms with E-state index in [1.54, 1.807) is 28.4 Å². The first-order valence-corrected chi connectivity index (χ1v) is 8.29. The zero-order valence-electron chi connectivity index (χ0n) is 17.2. The maximum atomic E-state index is 5.31. The van der Waals surface area contributed by atoms with Gasteiger partial charge in [0.05, 0.1) is 21.3 Å². The molecule has 0 bridgehead atoms. The third-order valence-corrected chi connectivity index (χ3v) is 3.59. The van der Waals surface area contributed by atoms with Crippen LogP contribution in [-0.4, -0.2) is 35.0 Å². The van der Waals surface area contributed by atoms with E-state index in [-0.39, 0.29) is 5.41 Å². The molecule has 0 aromatic heterocycles. The summed E-state index contributed by atoms with van der Waals surface area (Å²) >= 11 is 0. The molecule has 0 aliphatic rings. The van der Waals surface area contributed by atoms with Crippen LogP contribution in [0.15, 0.2) is 12.1 Å². The third kappa shape index (κ3) is 7.91. The minimum absolute atomic E-state index is 0.0484. The molecule has 4 heteroatoms. The van der Waals surface area contributed by atoms with Crippen molar-refractivity contribution in [3.63, 3.8) is 0 Å². The Labute approximate surface area is 148 Å². The van der Waals surface area contributed by atoms with Crippen molar-refractivity contribution in [2.24, 2.45) is 5.41 Å². The zero-order valence-corrected chi connectivity index (χ0v) is 17.2. The van der Waals surface area contributed by atoms with Crippen LogP contribution in [0, 0.1) is 5.41 Å². The Morgan fingerprint density at radius 3 is 1.42 bits per heavy atom. The molecule has 0 spiro atoms. The predicted molar refractivity (Wildman–Crippen MR) is 101 cm³/mol. The van der Waals surface area contributed by atoms with E-state index < -0.39 is 0 Å². The first-order chi connectivity index (χ1) is 11.0. The van der Waals surface area contributed by atoms with E-state index in [1.807, 2.05) is 12.1 Å². The van der Waals surface area contributed by atoms with Crippen LogP contribution in [0.5, 0.6) is 17.2 Å². The van der Waals surface area contributed by atoms with E-state index in [9.17, 15) is 0 Å². The molecule has 1 aromatic rings. The van der Waals surface area contributed by atoms with Crippen LogP contribution in [0.4, 0.5) is 0 Å². The molecule has 0 atom stereocenters. The summed E-state index contributed by atoms with van der Waals surface area (Å²) in [5.41, 5.74) is 1.63. The van der Waals surface area contributed by atoms with E-state index in [1.165, 1.54) is 0 Å². The maximum absolute atomic E-state index is 5.31. The zero-order chi connectivity index (χ0) is 19.0. The minimum atomic E-state index is 0.0484. The summed E-state index contributed by atoms with van der Waals surface area (Å²) in [5, 5.41) is 0. The molecule has 24 heavy (non-hydrogen) atoms. The molecule has 0 amide bonds. The first kappa shape index (κ1) is 22.6. The molecule has 0 N–H and O–H groups in total. The van der Waals surface area contributed by atoms with Crippen molar-refractivity contribution in [1.29, 1.82) is 0 Å². The highest BCUT2D eigenvalue weighted by atomic mass is 16.5. The summed E-state index contributed by atoms with van der Waals surface area (Å²) in [6, 6.07) is 3.97. The van der Waals surface area contributed by atoms with E-state index in [0.29, 0.717) is 22.7 Å². The van der Waals surface area contributed by atoms with Crippen LogP contribution >= 0.6 is 0 Å². The quantitative estimate of drug-likeness (QED) is 0.749. The van der Waals surface area contributed by atoms with Gasteiger partial charge < -0.3 is 18.9 Å². The van der Waals surface area contributed by atoms with Crippen LogP contribution < -0.4 is 14.2 Å². The summed E-state index contributed by atoms with van der Waals surface area (Å²) < 4.78 is 20.8. The van der Waals surface area contributed by atoms with Crippen LogP contribution in [0.3, 0.4) is 0 Å². The summed E-state index contributed by atoms with van der Waals surface area (Å²) in [4.78, 5) is 0. The highest BCUT2D eigenvalue weighted by Crippen LogP contribution is 2.41. The lowest BCUT2D eigenvalue weighted by molar-refractivity contribution is 0.159. The van der Waals surface area contributed by atoms with Crippen molar-refractivity contribution in [3.8, 4) is 17.2 Å². The van der Waals surface area contributed by atoms with Crippen LogP contribution in [0.1, 0.15) is 53.5 Å². The van der Waals surface area contributed by atoms with Gasteiger partial charge in [0.2, 0.25) is 5.75 Å². The Kier molecular flexibility index (Phi) is 9.20. The van der Waals surface area contributed by atoms with Gasteiger partial charge in [-0.2, -0.15) is 0 Å². The molecule has 4 nitrogen and oxygen atoms in total. The molecule has 0 heterocycles. The number of hydrogen-bond donors (Lipinski definition) is 0. The first-order valence-electron chi connectivity index (χ1n) is 8.29. The molecule has 1 rings (SSSR count). The Morgan fingerprint density at radius 2 is 1.21 bits per heavy atom. The van der Waals surface area contributed by atoms with E-state index in [0.717, 1.165) is 18.6 Å². The minimum Gasteiger partial charge on any atom is -0.493 e. The number of methoxy groups -OCH3 is 4. The third-order valence-electron chi connectivity index (χ3n) is 3.59. The molecule has 0 saturated heterocycles. The molecule has 0 saturated carbocycles. The summed E-state index contributed by atoms with van der Waals surface area (Å²) in [6.45, 7) is 14.0. The van der Waals surface area contributed by atoms with Gasteiger partial charge in [-0.05, 0) is 34.9 Å². The fourth-order valence-corrected chi connectivity index (χ4v) is 1.92. The Morgan fingerprint density at radius 1 is 0.750 bits per heavy atom. The molecule has 0 aliphatic heterocycles. The van der Waals surface area contributed by atoms with Crippen molar-refractivity contribution in [1.82, 2.24) is 0 Å². The van der Waals surface area contributed by atoms with Gasteiger partial charge in [0.1, 0.15) is 0 Å². The van der Waals surface area contributed by atoms with Gasteiger partial charge in [0.25, 0.3) is 0 Å². The van der Waals surface area contributed by atoms with Gasteiger partial charge in [-0.1, -0.05) is 41.5 Å². The predicted octanol–water partition coefficient (Wildman–Crippen LogP) is 5.08. The lowest BCUT2D eigenvalue weighted by Gasteiger charge is -2.22. The standard InChI is InChI=1S/C13H20O3.C7H16O/c1-13(2,3)9-7-10(14-4)12(16-6)11(8-9)15-5;1-7(2,3)5-6-8-4/h7-8H,1-6H3;5-6H2,1-4H3. The molecular formula is C20H36O4. The molecule has 0 unspecified atom stereocenters. The summed E-state index contributed by atoms with van der Waals surface area (Å²) in [5.74, 6) is 2.04. The van der Waals surface area contributed by atoms with Crippen LogP contribution in [0.25, 0.3) is 0 Å². The van der Waals surface area contributed by atoms with Crippen molar-refractivity contribution in [2.75, 3.05) is 35.0 Å². The Hall–Kier alpha value is -1.42. The fraction of sp³-hybridized carbons (Fsp3) is 0.700. The van der Waals surface area contributed by atoms with Gasteiger partial charge in [0.15, 0.2) is 11.5 Å². The molecule has 0 fully saturated rings. The molecule has 1 aromatic carbocycles. The smallest absolute Gasteiger partial charge is 0.203 e. The van der Waals surface area contributed by atoms with Crippen molar-refractivity contribution >= 4 is 0 Å². The molecule has 0 aliphatic carbocycles. The van der Waals surface area contributed by atoms with Crippen molar-refractivity contribution in [3.05, 3.63) is 17.7 Å². The second-order valence-electron chi connectivity index (χ2n) is 7.97. The second-order valence-corrected chi connectivity index (χ2v) is 7.97. The van der Waals surface area contributed by atoms with Crippen LogP contribution in [0.2, 0.25) is 0 Å². The van der Waals surface area contributed by atoms with E-state index >= 15 is 0 Å². The topological polar surface area (TPSA) is 36.9 Å². The highest BCUT2D eigenvalue weighted by molar-refractivity contribution is 5.55. The van der Waals surface area contributed by atoms with E-state index in [2.05, 4.69) is 41.5 Å². The largest absolute Gasteiger partial charge is 0.493 e. The number of hydrogen-bond acceptors (Lipinski definition) is 4. The molecular weight excluding hydrogens is 304 g/mol. The van der Waals surface area contributed by atoms with Crippen LogP contribution in [-0.2, 0) is 10.2 Å².